The Hall–Kier alpha value is -1.77. The summed E-state index contributed by atoms with van der Waals surface area (Å²) in [5.74, 6) is 1.52. The van der Waals surface area contributed by atoms with Crippen molar-refractivity contribution in [3.63, 3.8) is 0 Å². The van der Waals surface area contributed by atoms with E-state index in [0.717, 1.165) is 54.6 Å². The third-order valence-electron chi connectivity index (χ3n) is 2.97. The Bertz CT molecular complexity index is 449. The lowest BCUT2D eigenvalue weighted by atomic mass is 10.1. The van der Waals surface area contributed by atoms with Crippen molar-refractivity contribution in [2.75, 3.05) is 6.79 Å². The van der Waals surface area contributed by atoms with Crippen LogP contribution in [0, 0.1) is 0 Å². The van der Waals surface area contributed by atoms with Crippen molar-refractivity contribution in [2.24, 2.45) is 0 Å². The van der Waals surface area contributed by atoms with Gasteiger partial charge in [-0.15, -0.1) is 0 Å². The second-order valence-corrected chi connectivity index (χ2v) is 4.41. The van der Waals surface area contributed by atoms with Gasteiger partial charge in [0.2, 0.25) is 6.79 Å². The Labute approximate surface area is 107 Å². The molecule has 0 atom stereocenters. The van der Waals surface area contributed by atoms with Crippen molar-refractivity contribution in [2.45, 2.75) is 32.6 Å². The van der Waals surface area contributed by atoms with Crippen LogP contribution in [0.5, 0.6) is 11.5 Å². The lowest BCUT2D eigenvalue weighted by Crippen LogP contribution is -1.92. The van der Waals surface area contributed by atoms with Crippen molar-refractivity contribution < 1.29 is 14.3 Å². The first kappa shape index (κ1) is 12.7. The molecule has 0 fully saturated rings. The molecule has 1 aromatic rings. The molecule has 2 rings (SSSR count). The molecular formula is C15H18O3. The van der Waals surface area contributed by atoms with Crippen LogP contribution in [-0.4, -0.2) is 13.1 Å². The standard InChI is InChI=1S/C15H18O3/c1-2-3-4-5-13(10-16)8-12-6-7-14-15(9-12)18-11-17-14/h6-10H,2-5,11H2,1H3/b13-8-. The van der Waals surface area contributed by atoms with Gasteiger partial charge in [-0.25, -0.2) is 0 Å². The molecule has 1 aliphatic heterocycles. The van der Waals surface area contributed by atoms with Crippen LogP contribution in [0.3, 0.4) is 0 Å². The average molecular weight is 246 g/mol. The van der Waals surface area contributed by atoms with E-state index in [1.165, 1.54) is 0 Å². The monoisotopic (exact) mass is 246 g/mol. The first-order valence-corrected chi connectivity index (χ1v) is 6.39. The Morgan fingerprint density at radius 3 is 2.89 bits per heavy atom. The molecule has 0 bridgehead atoms. The summed E-state index contributed by atoms with van der Waals surface area (Å²) in [6.07, 6.45) is 7.09. The summed E-state index contributed by atoms with van der Waals surface area (Å²) < 4.78 is 10.6. The second-order valence-electron chi connectivity index (χ2n) is 4.41. The van der Waals surface area contributed by atoms with Crippen LogP contribution in [0.25, 0.3) is 6.08 Å². The molecule has 96 valence electrons. The normalized spacial score (nSPS) is 13.7. The van der Waals surface area contributed by atoms with Crippen molar-refractivity contribution in [1.29, 1.82) is 0 Å². The summed E-state index contributed by atoms with van der Waals surface area (Å²) in [6, 6.07) is 5.73. The van der Waals surface area contributed by atoms with Crippen molar-refractivity contribution >= 4 is 12.4 Å². The average Bonchev–Trinajstić information content (AvgIpc) is 2.85. The molecule has 1 aromatic carbocycles. The summed E-state index contributed by atoms with van der Waals surface area (Å²) >= 11 is 0. The van der Waals surface area contributed by atoms with Crippen molar-refractivity contribution in [3.8, 4) is 11.5 Å². The molecule has 1 aliphatic rings. The molecule has 0 aromatic heterocycles. The summed E-state index contributed by atoms with van der Waals surface area (Å²) in [5, 5.41) is 0. The van der Waals surface area contributed by atoms with Crippen LogP contribution < -0.4 is 9.47 Å². The van der Waals surface area contributed by atoms with Gasteiger partial charge in [0.05, 0.1) is 0 Å². The van der Waals surface area contributed by atoms with E-state index in [1.54, 1.807) is 0 Å². The van der Waals surface area contributed by atoms with Gasteiger partial charge in [-0.2, -0.15) is 0 Å². The van der Waals surface area contributed by atoms with Crippen LogP contribution in [-0.2, 0) is 4.79 Å². The van der Waals surface area contributed by atoms with Gasteiger partial charge in [-0.05, 0) is 42.2 Å². The quantitative estimate of drug-likeness (QED) is 0.437. The molecular weight excluding hydrogens is 228 g/mol. The number of carbonyl (C=O) groups is 1. The molecule has 0 saturated carbocycles. The summed E-state index contributed by atoms with van der Waals surface area (Å²) in [6.45, 7) is 2.43. The zero-order chi connectivity index (χ0) is 12.8. The van der Waals surface area contributed by atoms with Gasteiger partial charge < -0.3 is 9.47 Å². The Kier molecular flexibility index (Phi) is 4.40. The maximum absolute atomic E-state index is 11.0. The highest BCUT2D eigenvalue weighted by Crippen LogP contribution is 2.33. The third kappa shape index (κ3) is 3.13. The minimum absolute atomic E-state index is 0.277. The maximum atomic E-state index is 11.0. The van der Waals surface area contributed by atoms with Crippen LogP contribution in [0.15, 0.2) is 23.8 Å². The Balaban J connectivity index is 2.07. The van der Waals surface area contributed by atoms with E-state index in [-0.39, 0.29) is 6.79 Å². The lowest BCUT2D eigenvalue weighted by Gasteiger charge is -2.01. The fraction of sp³-hybridized carbons (Fsp3) is 0.400. The number of benzene rings is 1. The van der Waals surface area contributed by atoms with E-state index in [9.17, 15) is 4.79 Å². The minimum atomic E-state index is 0.277. The number of unbranched alkanes of at least 4 members (excludes halogenated alkanes) is 2. The molecule has 18 heavy (non-hydrogen) atoms. The molecule has 0 radical (unpaired) electrons. The molecule has 0 aliphatic carbocycles. The predicted octanol–water partition coefficient (Wildman–Crippen LogP) is 3.58. The van der Waals surface area contributed by atoms with Crippen LogP contribution in [0.2, 0.25) is 0 Å². The van der Waals surface area contributed by atoms with Gasteiger partial charge in [-0.1, -0.05) is 25.8 Å². The number of rotatable bonds is 6. The van der Waals surface area contributed by atoms with Gasteiger partial charge >= 0.3 is 0 Å². The van der Waals surface area contributed by atoms with E-state index in [2.05, 4.69) is 6.92 Å². The topological polar surface area (TPSA) is 35.5 Å². The second kappa shape index (κ2) is 6.24. The first-order valence-electron chi connectivity index (χ1n) is 6.39. The maximum Gasteiger partial charge on any atom is 0.231 e. The number of carbonyl (C=O) groups excluding carboxylic acids is 1. The molecule has 0 saturated heterocycles. The SMILES string of the molecule is CCCCC/C(C=O)=C/c1ccc2c(c1)OCO2. The molecule has 0 unspecified atom stereocenters. The van der Waals surface area contributed by atoms with Gasteiger partial charge in [0, 0.05) is 0 Å². The smallest absolute Gasteiger partial charge is 0.231 e. The minimum Gasteiger partial charge on any atom is -0.454 e. The van der Waals surface area contributed by atoms with Crippen LogP contribution in [0.1, 0.15) is 38.2 Å². The van der Waals surface area contributed by atoms with E-state index < -0.39 is 0 Å². The van der Waals surface area contributed by atoms with Crippen LogP contribution >= 0.6 is 0 Å². The molecule has 0 amide bonds. The number of hydrogen-bond donors (Lipinski definition) is 0. The van der Waals surface area contributed by atoms with Crippen LogP contribution in [0.4, 0.5) is 0 Å². The van der Waals surface area contributed by atoms with Crippen molar-refractivity contribution in [3.05, 3.63) is 29.3 Å². The zero-order valence-corrected chi connectivity index (χ0v) is 10.6. The molecule has 0 N–H and O–H groups in total. The molecule has 1 heterocycles. The molecule has 3 nitrogen and oxygen atoms in total. The zero-order valence-electron chi connectivity index (χ0n) is 10.6. The summed E-state index contributed by atoms with van der Waals surface area (Å²) in [5.41, 5.74) is 1.82. The highest BCUT2D eigenvalue weighted by Gasteiger charge is 2.12. The van der Waals surface area contributed by atoms with E-state index in [0.29, 0.717) is 0 Å². The van der Waals surface area contributed by atoms with Gasteiger partial charge in [0.15, 0.2) is 11.5 Å². The summed E-state index contributed by atoms with van der Waals surface area (Å²) in [7, 11) is 0. The third-order valence-corrected chi connectivity index (χ3v) is 2.97. The number of ether oxygens (including phenoxy) is 2. The van der Waals surface area contributed by atoms with E-state index >= 15 is 0 Å². The molecule has 3 heteroatoms. The van der Waals surface area contributed by atoms with Gasteiger partial charge in [0.25, 0.3) is 0 Å². The van der Waals surface area contributed by atoms with Gasteiger partial charge in [0.1, 0.15) is 6.29 Å². The van der Waals surface area contributed by atoms with Crippen molar-refractivity contribution in [1.82, 2.24) is 0 Å². The van der Waals surface area contributed by atoms with Gasteiger partial charge in [-0.3, -0.25) is 4.79 Å². The number of aldehydes is 1. The lowest BCUT2D eigenvalue weighted by molar-refractivity contribution is -0.105. The highest BCUT2D eigenvalue weighted by atomic mass is 16.7. The largest absolute Gasteiger partial charge is 0.454 e. The fourth-order valence-electron chi connectivity index (χ4n) is 1.96. The Morgan fingerprint density at radius 2 is 2.11 bits per heavy atom. The number of hydrogen-bond acceptors (Lipinski definition) is 3. The number of fused-ring (bicyclic) bond motifs is 1. The number of allylic oxidation sites excluding steroid dienone is 1. The Morgan fingerprint density at radius 1 is 1.28 bits per heavy atom. The van der Waals surface area contributed by atoms with E-state index in [1.807, 2.05) is 24.3 Å². The predicted molar refractivity (Wildman–Crippen MR) is 70.7 cm³/mol. The highest BCUT2D eigenvalue weighted by molar-refractivity contribution is 5.81. The first-order chi connectivity index (χ1) is 8.83. The fourth-order valence-corrected chi connectivity index (χ4v) is 1.96. The molecule has 0 spiro atoms. The summed E-state index contributed by atoms with van der Waals surface area (Å²) in [4.78, 5) is 11.0. The van der Waals surface area contributed by atoms with E-state index in [4.69, 9.17) is 9.47 Å².